The number of nitrogens with zero attached hydrogens (tertiary/aromatic N) is 1. The molecule has 0 fully saturated rings. The lowest BCUT2D eigenvalue weighted by Gasteiger charge is -2.12. The minimum atomic E-state index is -4.71. The van der Waals surface area contributed by atoms with Crippen LogP contribution in [-0.4, -0.2) is 10.9 Å². The van der Waals surface area contributed by atoms with Gasteiger partial charge in [0.15, 0.2) is 11.4 Å². The molecule has 0 saturated carbocycles. The first kappa shape index (κ1) is 19.2. The number of aromatic nitrogens is 1. The van der Waals surface area contributed by atoms with Gasteiger partial charge in [0.05, 0.1) is 10.7 Å². The molecule has 0 atom stereocenters. The van der Waals surface area contributed by atoms with Crippen molar-refractivity contribution in [1.82, 2.24) is 4.98 Å². The van der Waals surface area contributed by atoms with Crippen molar-refractivity contribution in [1.29, 1.82) is 0 Å². The van der Waals surface area contributed by atoms with Crippen LogP contribution in [0.15, 0.2) is 48.5 Å². The number of hydrogen-bond acceptors (Lipinski definition) is 4. The molecule has 2 aromatic carbocycles. The van der Waals surface area contributed by atoms with Gasteiger partial charge in [-0.1, -0.05) is 23.7 Å². The molecule has 0 saturated heterocycles. The molecule has 4 nitrogen and oxygen atoms in total. The number of alkyl halides is 3. The molecule has 1 heterocycles. The number of hydrogen-bond donors (Lipinski definition) is 1. The molecule has 9 heteroatoms. The molecule has 0 aliphatic heterocycles. The van der Waals surface area contributed by atoms with Gasteiger partial charge in [0.1, 0.15) is 10.6 Å². The van der Waals surface area contributed by atoms with Crippen LogP contribution in [0.5, 0.6) is 11.5 Å². The normalized spacial score (nSPS) is 11.3. The fourth-order valence-corrected chi connectivity index (χ4v) is 3.20. The van der Waals surface area contributed by atoms with Gasteiger partial charge < -0.3 is 10.1 Å². The van der Waals surface area contributed by atoms with E-state index in [2.05, 4.69) is 10.3 Å². The third-order valence-electron chi connectivity index (χ3n) is 3.39. The second kappa shape index (κ2) is 7.58. The maximum Gasteiger partial charge on any atom is 0.435 e. The highest BCUT2D eigenvalue weighted by Crippen LogP contribution is 2.36. The number of nitrogens with one attached hydrogen (secondary N) is 1. The minimum absolute atomic E-state index is 0.151. The molecule has 1 amide bonds. The van der Waals surface area contributed by atoms with E-state index in [9.17, 15) is 18.0 Å². The minimum Gasteiger partial charge on any atom is -0.455 e. The Balaban J connectivity index is 1.86. The maximum absolute atomic E-state index is 13.1. The van der Waals surface area contributed by atoms with Crippen LogP contribution in [0, 0.1) is 6.92 Å². The Morgan fingerprint density at radius 1 is 1.15 bits per heavy atom. The van der Waals surface area contributed by atoms with Gasteiger partial charge in [-0.15, -0.1) is 11.3 Å². The van der Waals surface area contributed by atoms with Crippen LogP contribution in [0.1, 0.15) is 20.4 Å². The van der Waals surface area contributed by atoms with Crippen LogP contribution in [0.4, 0.5) is 18.9 Å². The number of anilines is 1. The SMILES string of the molecule is Cc1nc(C(F)(F)F)c(C(=O)Nc2ccccc2Oc2ccc(Cl)cc2)s1. The summed E-state index contributed by atoms with van der Waals surface area (Å²) >= 11 is 6.51. The molecule has 0 aliphatic carbocycles. The quantitative estimate of drug-likeness (QED) is 0.557. The Hall–Kier alpha value is -2.58. The first-order valence-corrected chi connectivity index (χ1v) is 8.82. The second-order valence-electron chi connectivity index (χ2n) is 5.41. The Morgan fingerprint density at radius 2 is 1.81 bits per heavy atom. The number of carbonyl (C=O) groups is 1. The lowest BCUT2D eigenvalue weighted by molar-refractivity contribution is -0.141. The molecule has 3 aromatic rings. The van der Waals surface area contributed by atoms with Crippen LogP contribution in [0.3, 0.4) is 0 Å². The van der Waals surface area contributed by atoms with E-state index in [1.165, 1.54) is 13.0 Å². The largest absolute Gasteiger partial charge is 0.455 e. The number of carbonyl (C=O) groups excluding carboxylic acids is 1. The van der Waals surface area contributed by atoms with Gasteiger partial charge in [0, 0.05) is 5.02 Å². The maximum atomic E-state index is 13.1. The molecular weight excluding hydrogens is 401 g/mol. The van der Waals surface area contributed by atoms with Crippen molar-refractivity contribution in [2.24, 2.45) is 0 Å². The predicted octanol–water partition coefficient (Wildman–Crippen LogP) is 6.17. The van der Waals surface area contributed by atoms with E-state index in [1.807, 2.05) is 0 Å². The van der Waals surface area contributed by atoms with Gasteiger partial charge in [-0.2, -0.15) is 13.2 Å². The van der Waals surface area contributed by atoms with E-state index >= 15 is 0 Å². The number of ether oxygens (including phenoxy) is 1. The average Bonchev–Trinajstić information content (AvgIpc) is 3.01. The van der Waals surface area contributed by atoms with Gasteiger partial charge in [-0.05, 0) is 43.3 Å². The van der Waals surface area contributed by atoms with Crippen molar-refractivity contribution in [3.05, 3.63) is 69.1 Å². The Labute approximate surface area is 161 Å². The zero-order chi connectivity index (χ0) is 19.6. The van der Waals surface area contributed by atoms with Crippen molar-refractivity contribution in [3.8, 4) is 11.5 Å². The fourth-order valence-electron chi connectivity index (χ4n) is 2.24. The zero-order valence-electron chi connectivity index (χ0n) is 13.8. The second-order valence-corrected chi connectivity index (χ2v) is 7.05. The number of amides is 1. The summed E-state index contributed by atoms with van der Waals surface area (Å²) in [6.45, 7) is 1.41. The third-order valence-corrected chi connectivity index (χ3v) is 4.61. The summed E-state index contributed by atoms with van der Waals surface area (Å²) in [6, 6.07) is 13.0. The van der Waals surface area contributed by atoms with Crippen molar-refractivity contribution in [3.63, 3.8) is 0 Å². The van der Waals surface area contributed by atoms with E-state index in [-0.39, 0.29) is 16.4 Å². The molecule has 1 aromatic heterocycles. The first-order valence-electron chi connectivity index (χ1n) is 7.62. The van der Waals surface area contributed by atoms with E-state index in [0.29, 0.717) is 22.1 Å². The van der Waals surface area contributed by atoms with Crippen molar-refractivity contribution in [2.45, 2.75) is 13.1 Å². The van der Waals surface area contributed by atoms with Gasteiger partial charge >= 0.3 is 6.18 Å². The van der Waals surface area contributed by atoms with Crippen LogP contribution < -0.4 is 10.1 Å². The predicted molar refractivity (Wildman–Crippen MR) is 97.8 cm³/mol. The summed E-state index contributed by atoms with van der Waals surface area (Å²) in [5, 5.41) is 3.15. The summed E-state index contributed by atoms with van der Waals surface area (Å²) in [5.41, 5.74) is -0.963. The van der Waals surface area contributed by atoms with E-state index in [4.69, 9.17) is 16.3 Å². The fraction of sp³-hybridized carbons (Fsp3) is 0.111. The van der Waals surface area contributed by atoms with Gasteiger partial charge in [0.2, 0.25) is 0 Å². The number of para-hydroxylation sites is 2. The van der Waals surface area contributed by atoms with Gasteiger partial charge in [-0.25, -0.2) is 4.98 Å². The number of thiazole rings is 1. The summed E-state index contributed by atoms with van der Waals surface area (Å²) in [7, 11) is 0. The molecule has 0 unspecified atom stereocenters. The lowest BCUT2D eigenvalue weighted by Crippen LogP contribution is -2.17. The molecule has 27 heavy (non-hydrogen) atoms. The number of benzene rings is 2. The molecule has 140 valence electrons. The summed E-state index contributed by atoms with van der Waals surface area (Å²) in [5.74, 6) is -0.159. The van der Waals surface area contributed by atoms with E-state index in [0.717, 1.165) is 0 Å². The highest BCUT2D eigenvalue weighted by molar-refractivity contribution is 7.13. The van der Waals surface area contributed by atoms with Crippen LogP contribution in [-0.2, 0) is 6.18 Å². The number of rotatable bonds is 4. The molecule has 0 bridgehead atoms. The monoisotopic (exact) mass is 412 g/mol. The summed E-state index contributed by atoms with van der Waals surface area (Å²) < 4.78 is 45.0. The lowest BCUT2D eigenvalue weighted by atomic mass is 10.2. The Morgan fingerprint density at radius 3 is 2.48 bits per heavy atom. The highest BCUT2D eigenvalue weighted by Gasteiger charge is 2.39. The van der Waals surface area contributed by atoms with Crippen molar-refractivity contribution in [2.75, 3.05) is 5.32 Å². The first-order chi connectivity index (χ1) is 12.7. The van der Waals surface area contributed by atoms with Crippen LogP contribution in [0.2, 0.25) is 5.02 Å². The summed E-state index contributed by atoms with van der Waals surface area (Å²) in [6.07, 6.45) is -4.71. The van der Waals surface area contributed by atoms with Gasteiger partial charge in [0.25, 0.3) is 5.91 Å². The molecule has 1 N–H and O–H groups in total. The third kappa shape index (κ3) is 4.58. The molecular formula is C18H12ClF3N2O2S. The van der Waals surface area contributed by atoms with Crippen molar-refractivity contribution >= 4 is 34.5 Å². The number of aryl methyl sites for hydroxylation is 1. The van der Waals surface area contributed by atoms with Gasteiger partial charge in [-0.3, -0.25) is 4.79 Å². The van der Waals surface area contributed by atoms with Crippen molar-refractivity contribution < 1.29 is 22.7 Å². The van der Waals surface area contributed by atoms with Crippen LogP contribution >= 0.6 is 22.9 Å². The standard InChI is InChI=1S/C18H12ClF3N2O2S/c1-10-23-16(18(20,21)22)15(27-10)17(25)24-13-4-2-3-5-14(13)26-12-8-6-11(19)7-9-12/h2-9H,1H3,(H,24,25). The van der Waals surface area contributed by atoms with E-state index < -0.39 is 22.7 Å². The Bertz CT molecular complexity index is 971. The molecule has 3 rings (SSSR count). The molecule has 0 radical (unpaired) electrons. The average molecular weight is 413 g/mol. The Kier molecular flexibility index (Phi) is 5.38. The molecule has 0 aliphatic rings. The highest BCUT2D eigenvalue weighted by atomic mass is 35.5. The van der Waals surface area contributed by atoms with Crippen LogP contribution in [0.25, 0.3) is 0 Å². The zero-order valence-corrected chi connectivity index (χ0v) is 15.4. The molecule has 0 spiro atoms. The smallest absolute Gasteiger partial charge is 0.435 e. The number of halogens is 4. The summed E-state index contributed by atoms with van der Waals surface area (Å²) in [4.78, 5) is 15.4. The topological polar surface area (TPSA) is 51.2 Å². The van der Waals surface area contributed by atoms with E-state index in [1.54, 1.807) is 42.5 Å².